The van der Waals surface area contributed by atoms with Crippen LogP contribution in [0.25, 0.3) is 11.1 Å². The van der Waals surface area contributed by atoms with Crippen LogP contribution in [-0.4, -0.2) is 36.4 Å². The molecule has 1 aliphatic heterocycles. The van der Waals surface area contributed by atoms with E-state index in [1.165, 1.54) is 4.31 Å². The molecule has 1 N–H and O–H groups in total. The molecule has 0 unspecified atom stereocenters. The maximum absolute atomic E-state index is 13.5. The van der Waals surface area contributed by atoms with Gasteiger partial charge in [0.15, 0.2) is 0 Å². The highest BCUT2D eigenvalue weighted by Gasteiger charge is 2.33. The Morgan fingerprint density at radius 2 is 1.86 bits per heavy atom. The Labute approximate surface area is 207 Å². The SMILES string of the molecule is CCc1ccc(-c2ccc(CCC(=O)O)cc2C)cc1CN1C[C@@H](C)Oc2ccccc2S1(=O)=O. The van der Waals surface area contributed by atoms with Crippen LogP contribution in [0, 0.1) is 6.92 Å². The van der Waals surface area contributed by atoms with Gasteiger partial charge < -0.3 is 9.84 Å². The molecule has 0 saturated heterocycles. The Morgan fingerprint density at radius 3 is 2.57 bits per heavy atom. The second-order valence-corrected chi connectivity index (χ2v) is 11.0. The van der Waals surface area contributed by atoms with Crippen molar-refractivity contribution in [2.75, 3.05) is 6.54 Å². The molecule has 0 amide bonds. The number of para-hydroxylation sites is 1. The molecule has 7 heteroatoms. The first-order valence-electron chi connectivity index (χ1n) is 11.9. The highest BCUT2D eigenvalue weighted by molar-refractivity contribution is 7.89. The van der Waals surface area contributed by atoms with Crippen LogP contribution in [0.1, 0.15) is 42.5 Å². The summed E-state index contributed by atoms with van der Waals surface area (Å²) in [7, 11) is -3.72. The summed E-state index contributed by atoms with van der Waals surface area (Å²) in [6.45, 7) is 6.50. The van der Waals surface area contributed by atoms with E-state index >= 15 is 0 Å². The zero-order valence-electron chi connectivity index (χ0n) is 20.3. The molecule has 0 bridgehead atoms. The molecule has 184 valence electrons. The first-order valence-corrected chi connectivity index (χ1v) is 13.3. The molecular formula is C28H31NO5S. The lowest BCUT2D eigenvalue weighted by Crippen LogP contribution is -2.35. The molecule has 0 aromatic heterocycles. The maximum atomic E-state index is 13.5. The molecule has 1 aliphatic rings. The first kappa shape index (κ1) is 24.9. The topological polar surface area (TPSA) is 83.9 Å². The highest BCUT2D eigenvalue weighted by atomic mass is 32.2. The van der Waals surface area contributed by atoms with E-state index in [-0.39, 0.29) is 30.5 Å². The molecule has 0 saturated carbocycles. The number of aliphatic carboxylic acids is 1. The van der Waals surface area contributed by atoms with Crippen molar-refractivity contribution in [3.8, 4) is 16.9 Å². The minimum absolute atomic E-state index is 0.101. The molecule has 3 aromatic rings. The second kappa shape index (κ2) is 10.2. The minimum Gasteiger partial charge on any atom is -0.488 e. The molecule has 35 heavy (non-hydrogen) atoms. The van der Waals surface area contributed by atoms with Crippen LogP contribution in [0.2, 0.25) is 0 Å². The van der Waals surface area contributed by atoms with Gasteiger partial charge in [0, 0.05) is 13.0 Å². The standard InChI is InChI=1S/C28H31NO5S/c1-4-22-11-12-23(25-13-9-21(15-19(25)2)10-14-28(30)31)16-24(22)18-29-17-20(3)34-26-7-5-6-8-27(26)35(29,32)33/h5-9,11-13,15-16,20H,4,10,14,17-18H2,1-3H3,(H,30,31)/t20-/m1/s1. The fraction of sp³-hybridized carbons (Fsp3) is 0.321. The van der Waals surface area contributed by atoms with E-state index in [1.807, 2.05) is 32.0 Å². The number of nitrogens with zero attached hydrogens (tertiary/aromatic N) is 1. The van der Waals surface area contributed by atoms with E-state index < -0.39 is 16.0 Å². The van der Waals surface area contributed by atoms with Gasteiger partial charge in [-0.3, -0.25) is 4.79 Å². The molecule has 6 nitrogen and oxygen atoms in total. The second-order valence-electron chi connectivity index (χ2n) is 9.05. The number of hydrogen-bond acceptors (Lipinski definition) is 4. The predicted molar refractivity (Wildman–Crippen MR) is 136 cm³/mol. The number of rotatable bonds is 7. The third-order valence-electron chi connectivity index (χ3n) is 6.42. The minimum atomic E-state index is -3.72. The summed E-state index contributed by atoms with van der Waals surface area (Å²) in [5.41, 5.74) is 6.18. The van der Waals surface area contributed by atoms with Gasteiger partial charge in [0.2, 0.25) is 10.0 Å². The Morgan fingerprint density at radius 1 is 1.09 bits per heavy atom. The summed E-state index contributed by atoms with van der Waals surface area (Å²) in [4.78, 5) is 11.1. The summed E-state index contributed by atoms with van der Waals surface area (Å²) in [6.07, 6.45) is 1.11. The summed E-state index contributed by atoms with van der Waals surface area (Å²) in [5, 5.41) is 8.96. The van der Waals surface area contributed by atoms with Crippen molar-refractivity contribution >= 4 is 16.0 Å². The zero-order valence-corrected chi connectivity index (χ0v) is 21.1. The number of aryl methyl sites for hydroxylation is 3. The fourth-order valence-corrected chi connectivity index (χ4v) is 6.23. The quantitative estimate of drug-likeness (QED) is 0.488. The molecule has 1 atom stereocenters. The third-order valence-corrected chi connectivity index (χ3v) is 8.27. The number of benzene rings is 3. The average molecular weight is 494 g/mol. The average Bonchev–Trinajstić information content (AvgIpc) is 2.91. The van der Waals surface area contributed by atoms with Crippen LogP contribution in [0.15, 0.2) is 65.6 Å². The van der Waals surface area contributed by atoms with Crippen LogP contribution in [0.3, 0.4) is 0 Å². The molecule has 4 rings (SSSR count). The monoisotopic (exact) mass is 493 g/mol. The van der Waals surface area contributed by atoms with E-state index in [2.05, 4.69) is 25.1 Å². The molecular weight excluding hydrogens is 462 g/mol. The lowest BCUT2D eigenvalue weighted by molar-refractivity contribution is -0.136. The Balaban J connectivity index is 1.68. The summed E-state index contributed by atoms with van der Waals surface area (Å²) >= 11 is 0. The smallest absolute Gasteiger partial charge is 0.303 e. The fourth-order valence-electron chi connectivity index (χ4n) is 4.62. The van der Waals surface area contributed by atoms with E-state index in [1.54, 1.807) is 24.3 Å². The van der Waals surface area contributed by atoms with Gasteiger partial charge >= 0.3 is 5.97 Å². The number of ether oxygens (including phenoxy) is 1. The van der Waals surface area contributed by atoms with Gasteiger partial charge in [0.1, 0.15) is 16.7 Å². The van der Waals surface area contributed by atoms with Crippen LogP contribution >= 0.6 is 0 Å². The predicted octanol–water partition coefficient (Wildman–Crippen LogP) is 5.21. The number of hydrogen-bond donors (Lipinski definition) is 1. The van der Waals surface area contributed by atoms with Crippen molar-refractivity contribution < 1.29 is 23.1 Å². The van der Waals surface area contributed by atoms with E-state index in [0.717, 1.165) is 39.8 Å². The normalized spacial score (nSPS) is 17.3. The molecule has 0 fully saturated rings. The summed E-state index contributed by atoms with van der Waals surface area (Å²) in [6, 6.07) is 19.0. The van der Waals surface area contributed by atoms with Gasteiger partial charge in [-0.25, -0.2) is 8.42 Å². The van der Waals surface area contributed by atoms with Crippen molar-refractivity contribution in [1.82, 2.24) is 4.31 Å². The van der Waals surface area contributed by atoms with Gasteiger partial charge in [-0.1, -0.05) is 49.4 Å². The van der Waals surface area contributed by atoms with Gasteiger partial charge in [-0.05, 0) is 78.3 Å². The lowest BCUT2D eigenvalue weighted by atomic mass is 9.93. The van der Waals surface area contributed by atoms with Gasteiger partial charge in [0.05, 0.1) is 6.54 Å². The summed E-state index contributed by atoms with van der Waals surface area (Å²) in [5.74, 6) is -0.414. The maximum Gasteiger partial charge on any atom is 0.303 e. The van der Waals surface area contributed by atoms with E-state index in [0.29, 0.717) is 12.2 Å². The van der Waals surface area contributed by atoms with Gasteiger partial charge in [0.25, 0.3) is 0 Å². The van der Waals surface area contributed by atoms with Crippen molar-refractivity contribution in [3.63, 3.8) is 0 Å². The molecule has 3 aromatic carbocycles. The summed E-state index contributed by atoms with van der Waals surface area (Å²) < 4.78 is 34.5. The lowest BCUT2D eigenvalue weighted by Gasteiger charge is -2.23. The highest BCUT2D eigenvalue weighted by Crippen LogP contribution is 2.33. The molecule has 0 spiro atoms. The number of carbonyl (C=O) groups is 1. The van der Waals surface area contributed by atoms with Gasteiger partial charge in [-0.15, -0.1) is 0 Å². The van der Waals surface area contributed by atoms with Crippen molar-refractivity contribution in [1.29, 1.82) is 0 Å². The number of carboxylic acid groups (broad SMARTS) is 1. The largest absolute Gasteiger partial charge is 0.488 e. The van der Waals surface area contributed by atoms with Crippen LogP contribution in [0.4, 0.5) is 0 Å². The van der Waals surface area contributed by atoms with Crippen molar-refractivity contribution in [3.05, 3.63) is 82.9 Å². The number of fused-ring (bicyclic) bond motifs is 1. The third kappa shape index (κ3) is 5.41. The molecule has 1 heterocycles. The Hall–Kier alpha value is -3.16. The van der Waals surface area contributed by atoms with Crippen molar-refractivity contribution in [2.24, 2.45) is 0 Å². The van der Waals surface area contributed by atoms with Crippen LogP contribution in [-0.2, 0) is 34.2 Å². The van der Waals surface area contributed by atoms with Crippen molar-refractivity contribution in [2.45, 2.75) is 57.6 Å². The van der Waals surface area contributed by atoms with Gasteiger partial charge in [-0.2, -0.15) is 4.31 Å². The van der Waals surface area contributed by atoms with Crippen LogP contribution < -0.4 is 4.74 Å². The molecule has 0 aliphatic carbocycles. The zero-order chi connectivity index (χ0) is 25.2. The number of sulfonamides is 1. The molecule has 0 radical (unpaired) electrons. The number of carboxylic acids is 1. The Kier molecular flexibility index (Phi) is 7.28. The van der Waals surface area contributed by atoms with E-state index in [9.17, 15) is 13.2 Å². The van der Waals surface area contributed by atoms with E-state index in [4.69, 9.17) is 9.84 Å². The Bertz CT molecular complexity index is 1350. The first-order chi connectivity index (χ1) is 16.7. The van der Waals surface area contributed by atoms with Crippen LogP contribution in [0.5, 0.6) is 5.75 Å².